The van der Waals surface area contributed by atoms with Gasteiger partial charge >= 0.3 is 6.01 Å². The molecule has 0 amide bonds. The van der Waals surface area contributed by atoms with Crippen LogP contribution in [-0.2, 0) is 0 Å². The number of rotatable bonds is 5. The number of halogens is 1. The average Bonchev–Trinajstić information content (AvgIpc) is 2.40. The molecule has 0 unspecified atom stereocenters. The minimum absolute atomic E-state index is 0.150. The molecule has 0 N–H and O–H groups in total. The van der Waals surface area contributed by atoms with Crippen LogP contribution in [0.4, 0.5) is 0 Å². The molecule has 2 rings (SSSR count). The van der Waals surface area contributed by atoms with Crippen molar-refractivity contribution in [3.8, 4) is 6.01 Å². The van der Waals surface area contributed by atoms with Gasteiger partial charge in [0.15, 0.2) is 5.16 Å². The van der Waals surface area contributed by atoms with E-state index in [1.165, 1.54) is 22.9 Å². The van der Waals surface area contributed by atoms with Crippen molar-refractivity contribution in [2.75, 3.05) is 6.61 Å². The lowest BCUT2D eigenvalue weighted by molar-refractivity contribution is 0.288. The Morgan fingerprint density at radius 1 is 1.15 bits per heavy atom. The van der Waals surface area contributed by atoms with Crippen molar-refractivity contribution >= 4 is 23.4 Å². The van der Waals surface area contributed by atoms with Crippen LogP contribution in [-0.4, -0.2) is 21.6 Å². The maximum absolute atomic E-state index is 5.90. The third-order valence-electron chi connectivity index (χ3n) is 2.69. The molecule has 0 aliphatic heterocycles. The van der Waals surface area contributed by atoms with Crippen molar-refractivity contribution in [1.29, 1.82) is 0 Å². The molecule has 0 saturated carbocycles. The maximum atomic E-state index is 5.90. The first kappa shape index (κ1) is 15.1. The highest BCUT2D eigenvalue weighted by Gasteiger charge is 2.08. The van der Waals surface area contributed by atoms with E-state index in [0.717, 1.165) is 11.3 Å². The van der Waals surface area contributed by atoms with Crippen molar-refractivity contribution < 1.29 is 4.74 Å². The lowest BCUT2D eigenvalue weighted by Gasteiger charge is -2.06. The van der Waals surface area contributed by atoms with Crippen LogP contribution >= 0.6 is 23.4 Å². The van der Waals surface area contributed by atoms with E-state index in [9.17, 15) is 0 Å². The Hall–Kier alpha value is -1.33. The highest BCUT2D eigenvalue weighted by atomic mass is 35.5. The van der Waals surface area contributed by atoms with Crippen molar-refractivity contribution in [2.24, 2.45) is 0 Å². The van der Waals surface area contributed by atoms with Gasteiger partial charge in [-0.25, -0.2) is 0 Å². The molecule has 1 aromatic heterocycles. The summed E-state index contributed by atoms with van der Waals surface area (Å²) in [6.07, 6.45) is 0.892. The molecule has 0 bridgehead atoms. The van der Waals surface area contributed by atoms with Crippen LogP contribution in [0.25, 0.3) is 0 Å². The first-order valence-corrected chi connectivity index (χ1v) is 7.57. The van der Waals surface area contributed by atoms with E-state index in [-0.39, 0.29) is 11.3 Å². The summed E-state index contributed by atoms with van der Waals surface area (Å²) in [5.41, 5.74) is 2.49. The Morgan fingerprint density at radius 3 is 2.65 bits per heavy atom. The lowest BCUT2D eigenvalue weighted by atomic mass is 10.1. The molecule has 0 atom stereocenters. The quantitative estimate of drug-likeness (QED) is 0.832. The Balaban J connectivity index is 2.19. The number of hydrogen-bond acceptors (Lipinski definition) is 5. The van der Waals surface area contributed by atoms with Crippen LogP contribution in [0.5, 0.6) is 6.01 Å². The molecule has 0 aliphatic rings. The second kappa shape index (κ2) is 6.90. The summed E-state index contributed by atoms with van der Waals surface area (Å²) in [6.45, 7) is 6.75. The number of hydrogen-bond donors (Lipinski definition) is 0. The van der Waals surface area contributed by atoms with E-state index < -0.39 is 0 Å². The van der Waals surface area contributed by atoms with Crippen LogP contribution in [0, 0.1) is 13.8 Å². The zero-order valence-corrected chi connectivity index (χ0v) is 13.3. The second-order valence-corrected chi connectivity index (χ2v) is 5.74. The van der Waals surface area contributed by atoms with E-state index in [0.29, 0.717) is 11.8 Å². The minimum atomic E-state index is 0.150. The van der Waals surface area contributed by atoms with Gasteiger partial charge in [0, 0.05) is 4.90 Å². The number of ether oxygens (including phenoxy) is 1. The summed E-state index contributed by atoms with van der Waals surface area (Å²) in [7, 11) is 0. The monoisotopic (exact) mass is 309 g/mol. The van der Waals surface area contributed by atoms with E-state index in [1.54, 1.807) is 0 Å². The highest BCUT2D eigenvalue weighted by Crippen LogP contribution is 2.27. The van der Waals surface area contributed by atoms with Gasteiger partial charge in [0.25, 0.3) is 0 Å². The molecule has 4 nitrogen and oxygen atoms in total. The molecule has 20 heavy (non-hydrogen) atoms. The van der Waals surface area contributed by atoms with Crippen molar-refractivity contribution in [3.63, 3.8) is 0 Å². The molecule has 0 aliphatic carbocycles. The van der Waals surface area contributed by atoms with Crippen LogP contribution in [0.3, 0.4) is 0 Å². The first-order valence-electron chi connectivity index (χ1n) is 6.38. The molecular formula is C14H16ClN3OS. The Bertz CT molecular complexity index is 607. The number of aryl methyl sites for hydroxylation is 2. The van der Waals surface area contributed by atoms with E-state index in [1.807, 2.05) is 13.0 Å². The summed E-state index contributed by atoms with van der Waals surface area (Å²) in [5.74, 6) is 0. The molecule has 6 heteroatoms. The number of nitrogens with zero attached hydrogens (tertiary/aromatic N) is 3. The fourth-order valence-corrected chi connectivity index (χ4v) is 2.54. The van der Waals surface area contributed by atoms with Crippen molar-refractivity contribution in [2.45, 2.75) is 37.2 Å². The van der Waals surface area contributed by atoms with Gasteiger partial charge in [-0.05, 0) is 66.9 Å². The smallest absolute Gasteiger partial charge is 0.321 e. The van der Waals surface area contributed by atoms with Gasteiger partial charge in [0.1, 0.15) is 0 Å². The lowest BCUT2D eigenvalue weighted by Crippen LogP contribution is -2.02. The van der Waals surface area contributed by atoms with Gasteiger partial charge in [-0.1, -0.05) is 13.0 Å². The average molecular weight is 310 g/mol. The molecule has 2 aromatic rings. The van der Waals surface area contributed by atoms with Gasteiger partial charge in [-0.2, -0.15) is 15.0 Å². The summed E-state index contributed by atoms with van der Waals surface area (Å²) < 4.78 is 5.40. The van der Waals surface area contributed by atoms with Gasteiger partial charge in [0.2, 0.25) is 5.28 Å². The van der Waals surface area contributed by atoms with Gasteiger partial charge < -0.3 is 4.74 Å². The molecule has 0 spiro atoms. The standard InChI is InChI=1S/C14H16ClN3OS/c1-4-7-19-13-16-12(15)17-14(18-13)20-11-6-5-9(2)10(3)8-11/h5-6,8H,4,7H2,1-3H3. The Kier molecular flexibility index (Phi) is 5.20. The van der Waals surface area contributed by atoms with Crippen LogP contribution < -0.4 is 4.74 Å². The Labute approximate surface area is 128 Å². The molecule has 0 saturated heterocycles. The fraction of sp³-hybridized carbons (Fsp3) is 0.357. The third-order valence-corrected chi connectivity index (χ3v) is 3.71. The second-order valence-electron chi connectivity index (χ2n) is 4.37. The predicted octanol–water partition coefficient (Wildman–Crippen LogP) is 4.08. The zero-order valence-electron chi connectivity index (χ0n) is 11.7. The highest BCUT2D eigenvalue weighted by molar-refractivity contribution is 7.99. The summed E-state index contributed by atoms with van der Waals surface area (Å²) in [6, 6.07) is 6.49. The first-order chi connectivity index (χ1) is 9.58. The summed E-state index contributed by atoms with van der Waals surface area (Å²) >= 11 is 7.34. The molecule has 106 valence electrons. The van der Waals surface area contributed by atoms with Gasteiger partial charge in [-0.15, -0.1) is 0 Å². The van der Waals surface area contributed by atoms with Crippen LogP contribution in [0.2, 0.25) is 5.28 Å². The number of aromatic nitrogens is 3. The minimum Gasteiger partial charge on any atom is -0.463 e. The zero-order chi connectivity index (χ0) is 14.5. The van der Waals surface area contributed by atoms with Crippen molar-refractivity contribution in [3.05, 3.63) is 34.6 Å². The third kappa shape index (κ3) is 4.08. The van der Waals surface area contributed by atoms with Crippen LogP contribution in [0.1, 0.15) is 24.5 Å². The van der Waals surface area contributed by atoms with Gasteiger partial charge in [0.05, 0.1) is 6.61 Å². The van der Waals surface area contributed by atoms with Crippen LogP contribution in [0.15, 0.2) is 28.3 Å². The Morgan fingerprint density at radius 2 is 1.95 bits per heavy atom. The normalized spacial score (nSPS) is 10.6. The maximum Gasteiger partial charge on any atom is 0.321 e. The molecule has 0 radical (unpaired) electrons. The number of benzene rings is 1. The summed E-state index contributed by atoms with van der Waals surface area (Å²) in [4.78, 5) is 13.4. The van der Waals surface area contributed by atoms with Gasteiger partial charge in [-0.3, -0.25) is 0 Å². The van der Waals surface area contributed by atoms with Crippen molar-refractivity contribution in [1.82, 2.24) is 15.0 Å². The van der Waals surface area contributed by atoms with E-state index in [2.05, 4.69) is 40.9 Å². The molecule has 1 aromatic carbocycles. The van der Waals surface area contributed by atoms with E-state index in [4.69, 9.17) is 16.3 Å². The topological polar surface area (TPSA) is 47.9 Å². The largest absolute Gasteiger partial charge is 0.463 e. The predicted molar refractivity (Wildman–Crippen MR) is 80.7 cm³/mol. The summed E-state index contributed by atoms with van der Waals surface area (Å²) in [5, 5.41) is 0.691. The fourth-order valence-electron chi connectivity index (χ4n) is 1.50. The molecule has 0 fully saturated rings. The molecule has 1 heterocycles. The SMILES string of the molecule is CCCOc1nc(Cl)nc(Sc2ccc(C)c(C)c2)n1. The molecular weight excluding hydrogens is 294 g/mol. The van der Waals surface area contributed by atoms with E-state index >= 15 is 0 Å².